The molecule has 3 atom stereocenters. The molecule has 0 saturated carbocycles. The third-order valence-electron chi connectivity index (χ3n) is 5.39. The van der Waals surface area contributed by atoms with Gasteiger partial charge in [-0.2, -0.15) is 5.10 Å². The molecule has 2 N–H and O–H groups in total. The average Bonchev–Trinajstić information content (AvgIpc) is 3.19. The van der Waals surface area contributed by atoms with Gasteiger partial charge in [0.25, 0.3) is 0 Å². The molecule has 2 aliphatic heterocycles. The molecule has 0 unspecified atom stereocenters. The number of carbonyl (C=O) groups is 3. The highest BCUT2D eigenvalue weighted by Gasteiger charge is 2.57. The number of carboxylic acid groups (broad SMARTS) is 1. The molecule has 144 valence electrons. The number of amides is 1. The number of hydrogen-bond acceptors (Lipinski definition) is 5. The average molecular weight is 381 g/mol. The zero-order valence-corrected chi connectivity index (χ0v) is 15.4. The largest absolute Gasteiger partial charge is 0.477 e. The van der Waals surface area contributed by atoms with Crippen LogP contribution in [0.3, 0.4) is 0 Å². The Kier molecular flexibility index (Phi) is 4.15. The summed E-state index contributed by atoms with van der Waals surface area (Å²) in [5, 5.41) is 23.8. The van der Waals surface area contributed by atoms with Crippen LogP contribution in [0, 0.1) is 5.92 Å². The van der Waals surface area contributed by atoms with Gasteiger partial charge in [-0.1, -0.05) is 30.3 Å². The molecule has 4 rings (SSSR count). The number of β-lactam (4-membered cyclic amide) rings is 1. The Morgan fingerprint density at radius 2 is 1.93 bits per heavy atom. The second-order valence-corrected chi connectivity index (χ2v) is 7.11. The van der Waals surface area contributed by atoms with Crippen molar-refractivity contribution in [1.29, 1.82) is 0 Å². The third-order valence-corrected chi connectivity index (χ3v) is 5.39. The zero-order valence-electron chi connectivity index (χ0n) is 15.4. The first kappa shape index (κ1) is 18.1. The number of aryl methyl sites for hydroxylation is 1. The maximum atomic E-state index is 12.8. The fraction of sp³-hybridized carbons (Fsp3) is 0.300. The summed E-state index contributed by atoms with van der Waals surface area (Å²) < 4.78 is 1.42. The molecule has 0 aliphatic carbocycles. The lowest BCUT2D eigenvalue weighted by Crippen LogP contribution is -2.61. The Labute approximate surface area is 160 Å². The van der Waals surface area contributed by atoms with Gasteiger partial charge in [0.2, 0.25) is 11.7 Å². The van der Waals surface area contributed by atoms with Gasteiger partial charge in [-0.3, -0.25) is 14.3 Å². The van der Waals surface area contributed by atoms with Crippen molar-refractivity contribution in [3.05, 3.63) is 59.0 Å². The smallest absolute Gasteiger partial charge is 0.352 e. The van der Waals surface area contributed by atoms with Gasteiger partial charge in [0, 0.05) is 18.2 Å². The first-order valence-corrected chi connectivity index (χ1v) is 8.93. The Morgan fingerprint density at radius 3 is 2.54 bits per heavy atom. The molecular formula is C20H19N3O5. The van der Waals surface area contributed by atoms with Gasteiger partial charge >= 0.3 is 5.97 Å². The minimum Gasteiger partial charge on any atom is -0.477 e. The third kappa shape index (κ3) is 2.56. The topological polar surface area (TPSA) is 113 Å². The lowest BCUT2D eigenvalue weighted by molar-refractivity contribution is -0.161. The predicted molar refractivity (Wildman–Crippen MR) is 98.1 cm³/mol. The Morgan fingerprint density at radius 1 is 1.25 bits per heavy atom. The van der Waals surface area contributed by atoms with Gasteiger partial charge in [0.05, 0.1) is 23.8 Å². The van der Waals surface area contributed by atoms with Gasteiger partial charge in [0.15, 0.2) is 0 Å². The van der Waals surface area contributed by atoms with E-state index in [1.807, 2.05) is 6.07 Å². The summed E-state index contributed by atoms with van der Waals surface area (Å²) in [6, 6.07) is 9.89. The highest BCUT2D eigenvalue weighted by Crippen LogP contribution is 2.46. The highest BCUT2D eigenvalue weighted by molar-refractivity contribution is 6.09. The number of fused-ring (bicyclic) bond motifs is 1. The number of rotatable bonds is 5. The normalized spacial score (nSPS) is 22.1. The number of aliphatic hydroxyl groups is 1. The number of aliphatic hydroxyl groups excluding tert-OH is 1. The van der Waals surface area contributed by atoms with Gasteiger partial charge < -0.3 is 15.1 Å². The molecule has 1 aromatic heterocycles. The van der Waals surface area contributed by atoms with Crippen LogP contribution in [0.1, 0.15) is 35.1 Å². The monoisotopic (exact) mass is 381 g/mol. The van der Waals surface area contributed by atoms with E-state index in [9.17, 15) is 24.6 Å². The van der Waals surface area contributed by atoms with Crippen LogP contribution in [0.25, 0.3) is 5.57 Å². The number of nitrogens with zero attached hydrogens (tertiary/aromatic N) is 3. The van der Waals surface area contributed by atoms with Crippen molar-refractivity contribution in [2.75, 3.05) is 0 Å². The van der Waals surface area contributed by atoms with Crippen molar-refractivity contribution >= 4 is 23.2 Å². The number of hydrogen-bond donors (Lipinski definition) is 2. The molecule has 2 aromatic rings. The molecule has 2 aliphatic rings. The number of carboxylic acids is 1. The molecule has 3 heterocycles. The highest BCUT2D eigenvalue weighted by atomic mass is 16.4. The lowest BCUT2D eigenvalue weighted by atomic mass is 9.83. The first-order chi connectivity index (χ1) is 13.3. The van der Waals surface area contributed by atoms with Crippen LogP contribution in [0.5, 0.6) is 0 Å². The van der Waals surface area contributed by atoms with Crippen molar-refractivity contribution < 1.29 is 24.6 Å². The molecule has 8 heteroatoms. The summed E-state index contributed by atoms with van der Waals surface area (Å²) in [5.41, 5.74) is 1.46. The Balaban J connectivity index is 1.73. The lowest BCUT2D eigenvalue weighted by Gasteiger charge is -2.44. The quantitative estimate of drug-likeness (QED) is 0.592. The van der Waals surface area contributed by atoms with E-state index >= 15 is 0 Å². The van der Waals surface area contributed by atoms with E-state index in [1.54, 1.807) is 37.4 Å². The maximum Gasteiger partial charge on any atom is 0.352 e. The fourth-order valence-corrected chi connectivity index (χ4v) is 4.06. The number of benzene rings is 1. The van der Waals surface area contributed by atoms with Crippen LogP contribution in [0.15, 0.2) is 42.1 Å². The molecule has 1 fully saturated rings. The molecule has 1 saturated heterocycles. The van der Waals surface area contributed by atoms with Crippen LogP contribution in [-0.2, 0) is 16.6 Å². The summed E-state index contributed by atoms with van der Waals surface area (Å²) in [7, 11) is 1.62. The van der Waals surface area contributed by atoms with Gasteiger partial charge in [0.1, 0.15) is 11.4 Å². The first-order valence-electron chi connectivity index (χ1n) is 8.93. The summed E-state index contributed by atoms with van der Waals surface area (Å²) in [6.45, 7) is 1.52. The number of aliphatic carboxylic acids is 1. The Hall–Kier alpha value is -3.26. The van der Waals surface area contributed by atoms with E-state index in [0.717, 1.165) is 0 Å². The second kappa shape index (κ2) is 6.42. The Bertz CT molecular complexity index is 1020. The van der Waals surface area contributed by atoms with E-state index in [-0.39, 0.29) is 17.9 Å². The van der Waals surface area contributed by atoms with Gasteiger partial charge in [-0.05, 0) is 19.4 Å². The molecule has 28 heavy (non-hydrogen) atoms. The molecular weight excluding hydrogens is 362 g/mol. The van der Waals surface area contributed by atoms with Gasteiger partial charge in [-0.15, -0.1) is 0 Å². The SMILES string of the molecule is C[C@@H](O)[C@H]1C(=O)N2C(C(=O)O)=C(c3cc(C(=O)c4ccccc4)n(C)n3)C[C@H]12. The zero-order chi connectivity index (χ0) is 20.2. The van der Waals surface area contributed by atoms with E-state index in [0.29, 0.717) is 22.5 Å². The van der Waals surface area contributed by atoms with Gasteiger partial charge in [-0.25, -0.2) is 4.79 Å². The summed E-state index contributed by atoms with van der Waals surface area (Å²) >= 11 is 0. The van der Waals surface area contributed by atoms with Crippen LogP contribution in [0.2, 0.25) is 0 Å². The van der Waals surface area contributed by atoms with Crippen LogP contribution >= 0.6 is 0 Å². The van der Waals surface area contributed by atoms with Crippen molar-refractivity contribution in [3.63, 3.8) is 0 Å². The molecule has 0 bridgehead atoms. The van der Waals surface area contributed by atoms with Crippen LogP contribution in [0.4, 0.5) is 0 Å². The van der Waals surface area contributed by atoms with Crippen molar-refractivity contribution in [1.82, 2.24) is 14.7 Å². The molecule has 0 spiro atoms. The maximum absolute atomic E-state index is 12.8. The molecule has 0 radical (unpaired) electrons. The van der Waals surface area contributed by atoms with E-state index in [2.05, 4.69) is 5.10 Å². The van der Waals surface area contributed by atoms with Crippen LogP contribution < -0.4 is 0 Å². The second-order valence-electron chi connectivity index (χ2n) is 7.11. The predicted octanol–water partition coefficient (Wildman–Crippen LogP) is 1.06. The summed E-state index contributed by atoms with van der Waals surface area (Å²) in [6.07, 6.45) is -0.582. The standard InChI is InChI=1S/C20H19N3O5/c1-10(24)16-14-8-12(17(20(27)28)23(14)19(16)26)13-9-15(22(2)21-13)18(25)11-6-4-3-5-7-11/h3-7,9-10,14,16,24H,8H2,1-2H3,(H,27,28)/t10-,14-,16-/m1/s1. The minimum atomic E-state index is -1.23. The summed E-state index contributed by atoms with van der Waals surface area (Å²) in [4.78, 5) is 38.1. The fourth-order valence-electron chi connectivity index (χ4n) is 4.06. The molecule has 1 amide bonds. The summed E-state index contributed by atoms with van der Waals surface area (Å²) in [5.74, 6) is -2.47. The number of aromatic nitrogens is 2. The minimum absolute atomic E-state index is 0.122. The van der Waals surface area contributed by atoms with Crippen molar-refractivity contribution in [2.45, 2.75) is 25.5 Å². The molecule has 8 nitrogen and oxygen atoms in total. The van der Waals surface area contributed by atoms with Crippen LogP contribution in [-0.4, -0.2) is 54.7 Å². The van der Waals surface area contributed by atoms with E-state index in [1.165, 1.54) is 16.5 Å². The van der Waals surface area contributed by atoms with Crippen molar-refractivity contribution in [3.8, 4) is 0 Å². The molecule has 1 aromatic carbocycles. The van der Waals surface area contributed by atoms with E-state index in [4.69, 9.17) is 0 Å². The number of carbonyl (C=O) groups excluding carboxylic acids is 2. The number of ketones is 1. The van der Waals surface area contributed by atoms with Crippen molar-refractivity contribution in [2.24, 2.45) is 13.0 Å². The van der Waals surface area contributed by atoms with E-state index < -0.39 is 29.9 Å².